The summed E-state index contributed by atoms with van der Waals surface area (Å²) >= 11 is 0. The second kappa shape index (κ2) is 9.04. The fourth-order valence-corrected chi connectivity index (χ4v) is 2.46. The maximum Gasteiger partial charge on any atom is 0.296 e. The molecular weight excluding hydrogens is 352 g/mol. The van der Waals surface area contributed by atoms with E-state index in [1.807, 2.05) is 19.0 Å². The Morgan fingerprint density at radius 2 is 2.04 bits per heavy atom. The Kier molecular flexibility index (Phi) is 6.78. The van der Waals surface area contributed by atoms with Crippen LogP contribution in [-0.2, 0) is 13.1 Å². The lowest BCUT2D eigenvalue weighted by Crippen LogP contribution is -2.30. The summed E-state index contributed by atoms with van der Waals surface area (Å²) in [6.45, 7) is 1.07. The second-order valence-corrected chi connectivity index (χ2v) is 6.08. The molecule has 9 nitrogen and oxygen atoms in total. The number of hydrogen-bond acceptors (Lipinski definition) is 7. The molecular formula is C18H24N4O5. The van der Waals surface area contributed by atoms with Crippen molar-refractivity contribution in [3.63, 3.8) is 0 Å². The first kappa shape index (κ1) is 20.2. The number of ether oxygens (including phenoxy) is 2. The first-order valence-electron chi connectivity index (χ1n) is 8.30. The minimum Gasteiger partial charge on any atom is -0.501 e. The average Bonchev–Trinajstić information content (AvgIpc) is 2.66. The highest BCUT2D eigenvalue weighted by atomic mass is 16.5. The number of amides is 1. The van der Waals surface area contributed by atoms with E-state index in [1.54, 1.807) is 18.2 Å². The summed E-state index contributed by atoms with van der Waals surface area (Å²) in [6.07, 6.45) is 1.26. The van der Waals surface area contributed by atoms with Crippen molar-refractivity contribution in [1.82, 2.24) is 19.8 Å². The van der Waals surface area contributed by atoms with Crippen LogP contribution in [0, 0.1) is 0 Å². The SMILES string of the molecule is COc1cccc(CNC(=O)c2ncn(CCN(C)C)c(=O)c2O)c1OC. The van der Waals surface area contributed by atoms with Crippen molar-refractivity contribution in [2.45, 2.75) is 13.1 Å². The second-order valence-electron chi connectivity index (χ2n) is 6.08. The number of aromatic hydroxyl groups is 1. The van der Waals surface area contributed by atoms with E-state index in [1.165, 1.54) is 25.1 Å². The van der Waals surface area contributed by atoms with Gasteiger partial charge in [0, 0.05) is 25.2 Å². The number of benzene rings is 1. The Morgan fingerprint density at radius 1 is 1.30 bits per heavy atom. The fraction of sp³-hybridized carbons (Fsp3) is 0.389. The Balaban J connectivity index is 2.15. The highest BCUT2D eigenvalue weighted by molar-refractivity contribution is 5.94. The predicted octanol–water partition coefficient (Wildman–Crippen LogP) is 0.458. The van der Waals surface area contributed by atoms with E-state index in [2.05, 4.69) is 10.3 Å². The van der Waals surface area contributed by atoms with Gasteiger partial charge in [-0.25, -0.2) is 4.98 Å². The molecule has 2 rings (SSSR count). The highest BCUT2D eigenvalue weighted by Crippen LogP contribution is 2.30. The molecule has 0 aliphatic heterocycles. The van der Waals surface area contributed by atoms with Gasteiger partial charge in [0.2, 0.25) is 5.75 Å². The van der Waals surface area contributed by atoms with E-state index in [-0.39, 0.29) is 12.2 Å². The Morgan fingerprint density at radius 3 is 2.67 bits per heavy atom. The molecule has 0 fully saturated rings. The van der Waals surface area contributed by atoms with Crippen LogP contribution in [0.2, 0.25) is 0 Å². The van der Waals surface area contributed by atoms with Crippen LogP contribution in [0.4, 0.5) is 0 Å². The molecule has 2 N–H and O–H groups in total. The Bertz CT molecular complexity index is 863. The van der Waals surface area contributed by atoms with Gasteiger partial charge in [0.25, 0.3) is 11.5 Å². The number of rotatable bonds is 8. The van der Waals surface area contributed by atoms with E-state index in [4.69, 9.17) is 9.47 Å². The standard InChI is InChI=1S/C18H24N4O5/c1-21(2)8-9-22-11-20-14(15(23)18(22)25)17(24)19-10-12-6-5-7-13(26-3)16(12)27-4/h5-7,11,23H,8-10H2,1-4H3,(H,19,24). The third-order valence-electron chi connectivity index (χ3n) is 3.94. The van der Waals surface area contributed by atoms with Crippen molar-refractivity contribution in [2.75, 3.05) is 34.9 Å². The van der Waals surface area contributed by atoms with E-state index in [0.717, 1.165) is 0 Å². The number of aromatic nitrogens is 2. The molecule has 9 heteroatoms. The molecule has 0 atom stereocenters. The van der Waals surface area contributed by atoms with Crippen LogP contribution < -0.4 is 20.3 Å². The van der Waals surface area contributed by atoms with Crippen molar-refractivity contribution >= 4 is 5.91 Å². The summed E-state index contributed by atoms with van der Waals surface area (Å²) < 4.78 is 11.8. The van der Waals surface area contributed by atoms with Crippen molar-refractivity contribution in [3.05, 3.63) is 46.1 Å². The van der Waals surface area contributed by atoms with Crippen LogP contribution >= 0.6 is 0 Å². The Hall–Kier alpha value is -3.07. The first-order chi connectivity index (χ1) is 12.9. The lowest BCUT2D eigenvalue weighted by atomic mass is 10.2. The summed E-state index contributed by atoms with van der Waals surface area (Å²) in [5.41, 5.74) is -0.289. The zero-order valence-corrected chi connectivity index (χ0v) is 15.9. The van der Waals surface area contributed by atoms with Gasteiger partial charge in [-0.3, -0.25) is 14.2 Å². The summed E-state index contributed by atoms with van der Waals surface area (Å²) in [7, 11) is 6.76. The molecule has 0 aliphatic rings. The number of likely N-dealkylation sites (N-methyl/N-ethyl adjacent to an activating group) is 1. The lowest BCUT2D eigenvalue weighted by Gasteiger charge is -2.14. The number of methoxy groups -OCH3 is 2. The van der Waals surface area contributed by atoms with Crippen LogP contribution in [0.1, 0.15) is 16.1 Å². The van der Waals surface area contributed by atoms with Crippen molar-refractivity contribution in [3.8, 4) is 17.2 Å². The predicted molar refractivity (Wildman–Crippen MR) is 99.4 cm³/mol. The van der Waals surface area contributed by atoms with Gasteiger partial charge < -0.3 is 24.8 Å². The smallest absolute Gasteiger partial charge is 0.296 e. The van der Waals surface area contributed by atoms with Gasteiger partial charge >= 0.3 is 0 Å². The van der Waals surface area contributed by atoms with Crippen LogP contribution in [0.3, 0.4) is 0 Å². The molecule has 0 aliphatic carbocycles. The maximum absolute atomic E-state index is 12.4. The number of nitrogens with zero attached hydrogens (tertiary/aromatic N) is 3. The number of para-hydroxylation sites is 1. The topological polar surface area (TPSA) is 106 Å². The third kappa shape index (κ3) is 4.76. The minimum atomic E-state index is -0.675. The number of hydrogen-bond donors (Lipinski definition) is 2. The van der Waals surface area contributed by atoms with Gasteiger partial charge in [-0.05, 0) is 20.2 Å². The fourth-order valence-electron chi connectivity index (χ4n) is 2.46. The minimum absolute atomic E-state index is 0.115. The monoisotopic (exact) mass is 376 g/mol. The highest BCUT2D eigenvalue weighted by Gasteiger charge is 2.18. The van der Waals surface area contributed by atoms with Crippen molar-refractivity contribution < 1.29 is 19.4 Å². The van der Waals surface area contributed by atoms with Gasteiger partial charge in [-0.15, -0.1) is 0 Å². The van der Waals surface area contributed by atoms with Crippen LogP contribution in [0.5, 0.6) is 17.2 Å². The van der Waals surface area contributed by atoms with E-state index < -0.39 is 17.2 Å². The van der Waals surface area contributed by atoms with Crippen molar-refractivity contribution in [1.29, 1.82) is 0 Å². The summed E-state index contributed by atoms with van der Waals surface area (Å²) in [6, 6.07) is 5.28. The van der Waals surface area contributed by atoms with Crippen molar-refractivity contribution in [2.24, 2.45) is 0 Å². The van der Waals surface area contributed by atoms with Gasteiger partial charge in [0.1, 0.15) is 0 Å². The normalized spacial score (nSPS) is 10.7. The zero-order chi connectivity index (χ0) is 20.0. The summed E-state index contributed by atoms with van der Waals surface area (Å²) in [5, 5.41) is 12.7. The molecule has 2 aromatic rings. The molecule has 0 unspecified atom stereocenters. The first-order valence-corrected chi connectivity index (χ1v) is 8.30. The van der Waals surface area contributed by atoms with E-state index in [9.17, 15) is 14.7 Å². The van der Waals surface area contributed by atoms with Gasteiger partial charge in [-0.1, -0.05) is 12.1 Å². The molecule has 1 aromatic heterocycles. The summed E-state index contributed by atoms with van der Waals surface area (Å²) in [4.78, 5) is 30.4. The molecule has 0 saturated heterocycles. The van der Waals surface area contributed by atoms with Gasteiger partial charge in [0.05, 0.1) is 20.5 Å². The Labute approximate surface area is 157 Å². The molecule has 0 spiro atoms. The number of nitrogens with one attached hydrogen (secondary N) is 1. The number of carbonyl (C=O) groups is 1. The van der Waals surface area contributed by atoms with Gasteiger partial charge in [0.15, 0.2) is 17.2 Å². The molecule has 0 radical (unpaired) electrons. The quantitative estimate of drug-likeness (QED) is 0.689. The molecule has 1 amide bonds. The largest absolute Gasteiger partial charge is 0.501 e. The maximum atomic E-state index is 12.4. The van der Waals surface area contributed by atoms with Crippen LogP contribution in [0.25, 0.3) is 0 Å². The average molecular weight is 376 g/mol. The van der Waals surface area contributed by atoms with Crippen LogP contribution in [-0.4, -0.2) is 60.3 Å². The molecule has 0 bridgehead atoms. The van der Waals surface area contributed by atoms with E-state index >= 15 is 0 Å². The number of carbonyl (C=O) groups excluding carboxylic acids is 1. The zero-order valence-electron chi connectivity index (χ0n) is 15.9. The van der Waals surface area contributed by atoms with Crippen LogP contribution in [0.15, 0.2) is 29.3 Å². The molecule has 146 valence electrons. The van der Waals surface area contributed by atoms with Gasteiger partial charge in [-0.2, -0.15) is 0 Å². The molecule has 0 saturated carbocycles. The lowest BCUT2D eigenvalue weighted by molar-refractivity contribution is 0.0941. The summed E-state index contributed by atoms with van der Waals surface area (Å²) in [5.74, 6) is -0.300. The molecule has 1 heterocycles. The molecule has 1 aromatic carbocycles. The third-order valence-corrected chi connectivity index (χ3v) is 3.94. The van der Waals surface area contributed by atoms with E-state index in [0.29, 0.717) is 30.2 Å². The molecule has 27 heavy (non-hydrogen) atoms.